The molecule has 0 aliphatic rings. The third-order valence-corrected chi connectivity index (χ3v) is 4.32. The Morgan fingerprint density at radius 2 is 2.23 bits per heavy atom. The summed E-state index contributed by atoms with van der Waals surface area (Å²) in [5.74, 6) is -0.0693. The molecule has 22 heavy (non-hydrogen) atoms. The third-order valence-electron chi connectivity index (χ3n) is 3.36. The Morgan fingerprint density at radius 3 is 2.95 bits per heavy atom. The van der Waals surface area contributed by atoms with E-state index in [2.05, 4.69) is 17.2 Å². The SMILES string of the molecule is CCCc1nc(CNC(=O)CCn2c(C)cccc2=O)cs1. The topological polar surface area (TPSA) is 64.0 Å². The quantitative estimate of drug-likeness (QED) is 0.851. The van der Waals surface area contributed by atoms with Gasteiger partial charge in [0.1, 0.15) is 0 Å². The molecule has 118 valence electrons. The first-order chi connectivity index (χ1) is 10.6. The second-order valence-corrected chi connectivity index (χ2v) is 6.11. The van der Waals surface area contributed by atoms with Crippen LogP contribution in [0.4, 0.5) is 0 Å². The van der Waals surface area contributed by atoms with Gasteiger partial charge in [0.05, 0.1) is 17.2 Å². The largest absolute Gasteiger partial charge is 0.350 e. The average Bonchev–Trinajstić information content (AvgIpc) is 2.93. The monoisotopic (exact) mass is 319 g/mol. The van der Waals surface area contributed by atoms with Crippen molar-refractivity contribution in [2.75, 3.05) is 0 Å². The Morgan fingerprint density at radius 1 is 1.41 bits per heavy atom. The highest BCUT2D eigenvalue weighted by Gasteiger charge is 2.06. The van der Waals surface area contributed by atoms with E-state index >= 15 is 0 Å². The van der Waals surface area contributed by atoms with Crippen LogP contribution in [0.1, 0.15) is 36.2 Å². The molecule has 0 radical (unpaired) electrons. The van der Waals surface area contributed by atoms with E-state index in [0.29, 0.717) is 13.1 Å². The van der Waals surface area contributed by atoms with Crippen molar-refractivity contribution < 1.29 is 4.79 Å². The fourth-order valence-corrected chi connectivity index (χ4v) is 3.06. The number of pyridine rings is 1. The van der Waals surface area contributed by atoms with Crippen LogP contribution in [-0.4, -0.2) is 15.5 Å². The van der Waals surface area contributed by atoms with Crippen molar-refractivity contribution in [1.29, 1.82) is 0 Å². The Labute approximate surface area is 134 Å². The number of rotatable bonds is 7. The van der Waals surface area contributed by atoms with Crippen molar-refractivity contribution in [3.63, 3.8) is 0 Å². The lowest BCUT2D eigenvalue weighted by atomic mass is 10.3. The highest BCUT2D eigenvalue weighted by molar-refractivity contribution is 7.09. The van der Waals surface area contributed by atoms with Gasteiger partial charge in [-0.1, -0.05) is 13.0 Å². The molecule has 6 heteroatoms. The van der Waals surface area contributed by atoms with Gasteiger partial charge in [-0.05, 0) is 25.8 Å². The van der Waals surface area contributed by atoms with E-state index in [1.165, 1.54) is 6.07 Å². The van der Waals surface area contributed by atoms with Crippen LogP contribution < -0.4 is 10.9 Å². The molecule has 1 N–H and O–H groups in total. The number of aryl methyl sites for hydroxylation is 2. The van der Waals surface area contributed by atoms with Gasteiger partial charge in [0.25, 0.3) is 5.56 Å². The van der Waals surface area contributed by atoms with Crippen LogP contribution in [0.3, 0.4) is 0 Å². The van der Waals surface area contributed by atoms with Crippen molar-refractivity contribution in [3.8, 4) is 0 Å². The molecular weight excluding hydrogens is 298 g/mol. The number of nitrogens with zero attached hydrogens (tertiary/aromatic N) is 2. The predicted octanol–water partition coefficient (Wildman–Crippen LogP) is 2.27. The lowest BCUT2D eigenvalue weighted by Crippen LogP contribution is -2.27. The molecule has 5 nitrogen and oxygen atoms in total. The highest BCUT2D eigenvalue weighted by Crippen LogP contribution is 2.11. The van der Waals surface area contributed by atoms with Crippen LogP contribution >= 0.6 is 11.3 Å². The molecule has 2 aromatic heterocycles. The van der Waals surface area contributed by atoms with E-state index in [9.17, 15) is 9.59 Å². The Hall–Kier alpha value is -1.95. The van der Waals surface area contributed by atoms with Crippen molar-refractivity contribution in [2.24, 2.45) is 0 Å². The molecule has 0 atom stereocenters. The average molecular weight is 319 g/mol. The molecule has 0 unspecified atom stereocenters. The maximum absolute atomic E-state index is 11.9. The minimum absolute atomic E-state index is 0.0693. The molecular formula is C16H21N3O2S. The molecule has 0 saturated carbocycles. The highest BCUT2D eigenvalue weighted by atomic mass is 32.1. The third kappa shape index (κ3) is 4.53. The molecule has 0 aliphatic carbocycles. The Kier molecular flexibility index (Phi) is 5.89. The number of aromatic nitrogens is 2. The predicted molar refractivity (Wildman–Crippen MR) is 88.0 cm³/mol. The normalized spacial score (nSPS) is 10.6. The summed E-state index contributed by atoms with van der Waals surface area (Å²) in [4.78, 5) is 28.1. The molecule has 2 aromatic rings. The van der Waals surface area contributed by atoms with E-state index in [4.69, 9.17) is 0 Å². The summed E-state index contributed by atoms with van der Waals surface area (Å²) < 4.78 is 1.61. The number of hydrogen-bond donors (Lipinski definition) is 1. The number of carbonyl (C=O) groups is 1. The second kappa shape index (κ2) is 7.89. The van der Waals surface area contributed by atoms with Gasteiger partial charge in [-0.3, -0.25) is 9.59 Å². The standard InChI is InChI=1S/C16H21N3O2S/c1-3-5-15-18-13(11-22-15)10-17-14(20)8-9-19-12(2)6-4-7-16(19)21/h4,6-7,11H,3,5,8-10H2,1-2H3,(H,17,20). The summed E-state index contributed by atoms with van der Waals surface area (Å²) >= 11 is 1.63. The number of nitrogens with one attached hydrogen (secondary N) is 1. The first-order valence-electron chi connectivity index (χ1n) is 7.46. The van der Waals surface area contributed by atoms with Crippen molar-refractivity contribution in [2.45, 2.75) is 46.2 Å². The molecule has 0 saturated heterocycles. The second-order valence-electron chi connectivity index (χ2n) is 5.17. The van der Waals surface area contributed by atoms with Gasteiger partial charge >= 0.3 is 0 Å². The fourth-order valence-electron chi connectivity index (χ4n) is 2.16. The minimum atomic E-state index is -0.0727. The number of amides is 1. The van der Waals surface area contributed by atoms with E-state index in [1.54, 1.807) is 22.0 Å². The minimum Gasteiger partial charge on any atom is -0.350 e. The van der Waals surface area contributed by atoms with Crippen LogP contribution in [0.2, 0.25) is 0 Å². The zero-order valence-corrected chi connectivity index (χ0v) is 13.8. The van der Waals surface area contributed by atoms with Gasteiger partial charge in [-0.25, -0.2) is 4.98 Å². The van der Waals surface area contributed by atoms with Crippen LogP contribution in [0.25, 0.3) is 0 Å². The maximum atomic E-state index is 11.9. The van der Waals surface area contributed by atoms with Gasteiger partial charge in [0, 0.05) is 30.1 Å². The Balaban J connectivity index is 1.81. The smallest absolute Gasteiger partial charge is 0.250 e. The van der Waals surface area contributed by atoms with Crippen molar-refractivity contribution in [1.82, 2.24) is 14.9 Å². The van der Waals surface area contributed by atoms with E-state index in [1.807, 2.05) is 18.4 Å². The first kappa shape index (κ1) is 16.4. The summed E-state index contributed by atoms with van der Waals surface area (Å²) in [5, 5.41) is 5.95. The van der Waals surface area contributed by atoms with E-state index in [-0.39, 0.29) is 17.9 Å². The Bertz CT molecular complexity index is 691. The molecule has 2 heterocycles. The molecule has 0 spiro atoms. The lowest BCUT2D eigenvalue weighted by Gasteiger charge is -2.09. The van der Waals surface area contributed by atoms with Crippen LogP contribution in [0.15, 0.2) is 28.4 Å². The fraction of sp³-hybridized carbons (Fsp3) is 0.438. The molecule has 0 aliphatic heterocycles. The molecule has 0 fully saturated rings. The molecule has 1 amide bonds. The van der Waals surface area contributed by atoms with Crippen LogP contribution in [0.5, 0.6) is 0 Å². The van der Waals surface area contributed by atoms with Gasteiger partial charge in [0.2, 0.25) is 5.91 Å². The van der Waals surface area contributed by atoms with Crippen molar-refractivity contribution in [3.05, 3.63) is 50.3 Å². The zero-order chi connectivity index (χ0) is 15.9. The summed E-state index contributed by atoms with van der Waals surface area (Å²) in [5.41, 5.74) is 1.69. The summed E-state index contributed by atoms with van der Waals surface area (Å²) in [6.07, 6.45) is 2.34. The summed E-state index contributed by atoms with van der Waals surface area (Å²) in [6, 6.07) is 5.10. The molecule has 0 bridgehead atoms. The number of hydrogen-bond acceptors (Lipinski definition) is 4. The van der Waals surface area contributed by atoms with Crippen molar-refractivity contribution >= 4 is 17.2 Å². The number of thiazole rings is 1. The number of carbonyl (C=O) groups excluding carboxylic acids is 1. The lowest BCUT2D eigenvalue weighted by molar-refractivity contribution is -0.121. The van der Waals surface area contributed by atoms with Gasteiger partial charge < -0.3 is 9.88 Å². The summed E-state index contributed by atoms with van der Waals surface area (Å²) in [7, 11) is 0. The zero-order valence-electron chi connectivity index (χ0n) is 13.0. The van der Waals surface area contributed by atoms with Crippen LogP contribution in [-0.2, 0) is 24.3 Å². The summed E-state index contributed by atoms with van der Waals surface area (Å²) in [6.45, 7) is 4.83. The van der Waals surface area contributed by atoms with Gasteiger partial charge in [-0.15, -0.1) is 11.3 Å². The van der Waals surface area contributed by atoms with E-state index in [0.717, 1.165) is 29.2 Å². The van der Waals surface area contributed by atoms with Crippen LogP contribution in [0, 0.1) is 6.92 Å². The van der Waals surface area contributed by atoms with E-state index < -0.39 is 0 Å². The molecule has 0 aromatic carbocycles. The van der Waals surface area contributed by atoms with Gasteiger partial charge in [0.15, 0.2) is 0 Å². The molecule has 2 rings (SSSR count). The maximum Gasteiger partial charge on any atom is 0.250 e. The first-order valence-corrected chi connectivity index (χ1v) is 8.34. The van der Waals surface area contributed by atoms with Gasteiger partial charge in [-0.2, -0.15) is 0 Å².